The molecule has 1 heterocycles. The van der Waals surface area contributed by atoms with E-state index in [1.165, 1.54) is 12.1 Å². The van der Waals surface area contributed by atoms with Crippen LogP contribution in [0.5, 0.6) is 5.75 Å². The molecule has 1 aromatic carbocycles. The number of rotatable bonds is 4. The molecule has 4 nitrogen and oxygen atoms in total. The van der Waals surface area contributed by atoms with Crippen molar-refractivity contribution in [3.63, 3.8) is 0 Å². The highest BCUT2D eigenvalue weighted by Crippen LogP contribution is 2.19. The molecule has 0 saturated carbocycles. The van der Waals surface area contributed by atoms with Crippen LogP contribution in [0.4, 0.5) is 0 Å². The van der Waals surface area contributed by atoms with E-state index >= 15 is 0 Å². The minimum Gasteiger partial charge on any atom is -0.489 e. The summed E-state index contributed by atoms with van der Waals surface area (Å²) in [5.41, 5.74) is 0.774. The van der Waals surface area contributed by atoms with Crippen LogP contribution in [-0.2, 0) is 16.4 Å². The number of nitrogens with zero attached hydrogens (tertiary/aromatic N) is 1. The number of hydrogen-bond donors (Lipinski definition) is 0. The molecular weight excluding hydrogens is 286 g/mol. The molecule has 0 bridgehead atoms. The second kappa shape index (κ2) is 5.59. The number of pyridine rings is 1. The van der Waals surface area contributed by atoms with Crippen molar-refractivity contribution in [3.8, 4) is 5.75 Å². The van der Waals surface area contributed by atoms with Gasteiger partial charge in [-0.3, -0.25) is 0 Å². The van der Waals surface area contributed by atoms with E-state index in [9.17, 15) is 8.42 Å². The quantitative estimate of drug-likeness (QED) is 0.814. The Balaban J connectivity index is 2.07. The van der Waals surface area contributed by atoms with Crippen LogP contribution in [0.25, 0.3) is 0 Å². The summed E-state index contributed by atoms with van der Waals surface area (Å²) in [5, 5.41) is 0.398. The summed E-state index contributed by atoms with van der Waals surface area (Å²) >= 11 is 5.91. The minimum absolute atomic E-state index is 0.263. The Morgan fingerprint density at radius 3 is 2.47 bits per heavy atom. The first kappa shape index (κ1) is 13.8. The maximum atomic E-state index is 11.3. The largest absolute Gasteiger partial charge is 0.489 e. The zero-order valence-corrected chi connectivity index (χ0v) is 11.8. The van der Waals surface area contributed by atoms with Crippen LogP contribution >= 0.6 is 11.6 Å². The Hall–Kier alpha value is -1.59. The lowest BCUT2D eigenvalue weighted by Crippen LogP contribution is -1.99. The van der Waals surface area contributed by atoms with Gasteiger partial charge < -0.3 is 4.74 Å². The standard InChI is InChI=1S/C13H12ClNO3S/c1-19(16,17)12-6-4-11(5-7-12)18-9-10-3-2-8-15-13(10)14/h2-8H,9H2,1H3. The fraction of sp³-hybridized carbons (Fsp3) is 0.154. The zero-order valence-electron chi connectivity index (χ0n) is 10.2. The third-order valence-corrected chi connectivity index (χ3v) is 3.95. The van der Waals surface area contributed by atoms with Crippen LogP contribution in [0.15, 0.2) is 47.5 Å². The smallest absolute Gasteiger partial charge is 0.175 e. The van der Waals surface area contributed by atoms with Crippen LogP contribution in [0.1, 0.15) is 5.56 Å². The summed E-state index contributed by atoms with van der Waals surface area (Å²) in [6.07, 6.45) is 2.77. The van der Waals surface area contributed by atoms with Crippen molar-refractivity contribution in [1.29, 1.82) is 0 Å². The van der Waals surface area contributed by atoms with Crippen LogP contribution in [0.3, 0.4) is 0 Å². The van der Waals surface area contributed by atoms with Gasteiger partial charge >= 0.3 is 0 Å². The molecule has 0 aliphatic heterocycles. The molecule has 0 fully saturated rings. The van der Waals surface area contributed by atoms with Gasteiger partial charge in [0.25, 0.3) is 0 Å². The van der Waals surface area contributed by atoms with Crippen LogP contribution in [-0.4, -0.2) is 19.7 Å². The molecule has 19 heavy (non-hydrogen) atoms. The summed E-state index contributed by atoms with van der Waals surface area (Å²) in [5.74, 6) is 0.576. The number of halogens is 1. The predicted octanol–water partition coefficient (Wildman–Crippen LogP) is 2.72. The highest BCUT2D eigenvalue weighted by Gasteiger charge is 2.07. The minimum atomic E-state index is -3.18. The van der Waals surface area contributed by atoms with Crippen molar-refractivity contribution in [2.75, 3.05) is 6.26 Å². The SMILES string of the molecule is CS(=O)(=O)c1ccc(OCc2cccnc2Cl)cc1. The van der Waals surface area contributed by atoms with Gasteiger partial charge in [-0.2, -0.15) is 0 Å². The van der Waals surface area contributed by atoms with Gasteiger partial charge in [0.2, 0.25) is 0 Å². The number of hydrogen-bond acceptors (Lipinski definition) is 4. The van der Waals surface area contributed by atoms with E-state index < -0.39 is 9.84 Å². The van der Waals surface area contributed by atoms with Gasteiger partial charge in [0.15, 0.2) is 9.84 Å². The first-order valence-corrected chi connectivity index (χ1v) is 7.76. The molecular formula is C13H12ClNO3S. The second-order valence-corrected chi connectivity index (χ2v) is 6.36. The third-order valence-electron chi connectivity index (χ3n) is 2.48. The average Bonchev–Trinajstić information content (AvgIpc) is 2.37. The van der Waals surface area contributed by atoms with Crippen LogP contribution < -0.4 is 4.74 Å². The Morgan fingerprint density at radius 1 is 1.21 bits per heavy atom. The van der Waals surface area contributed by atoms with Crippen LogP contribution in [0, 0.1) is 0 Å². The van der Waals surface area contributed by atoms with Gasteiger partial charge in [-0.25, -0.2) is 13.4 Å². The lowest BCUT2D eigenvalue weighted by atomic mass is 10.3. The molecule has 0 saturated heterocycles. The number of aromatic nitrogens is 1. The van der Waals surface area contributed by atoms with E-state index in [1.54, 1.807) is 24.4 Å². The molecule has 1 aromatic heterocycles. The Morgan fingerprint density at radius 2 is 1.89 bits per heavy atom. The highest BCUT2D eigenvalue weighted by molar-refractivity contribution is 7.90. The van der Waals surface area contributed by atoms with Gasteiger partial charge in [-0.1, -0.05) is 17.7 Å². The average molecular weight is 298 g/mol. The molecule has 0 N–H and O–H groups in total. The van der Waals surface area contributed by atoms with Crippen LogP contribution in [0.2, 0.25) is 5.15 Å². The van der Waals surface area contributed by atoms with Crippen molar-refractivity contribution in [2.24, 2.45) is 0 Å². The summed E-state index contributed by atoms with van der Waals surface area (Å²) in [4.78, 5) is 4.21. The highest BCUT2D eigenvalue weighted by atomic mass is 35.5. The summed E-state index contributed by atoms with van der Waals surface area (Å²) in [6.45, 7) is 0.283. The number of ether oxygens (including phenoxy) is 1. The summed E-state index contributed by atoms with van der Waals surface area (Å²) in [7, 11) is -3.18. The normalized spacial score (nSPS) is 11.3. The van der Waals surface area contributed by atoms with Crippen molar-refractivity contribution in [2.45, 2.75) is 11.5 Å². The lowest BCUT2D eigenvalue weighted by molar-refractivity contribution is 0.305. The molecule has 0 amide bonds. The van der Waals surface area contributed by atoms with E-state index in [2.05, 4.69) is 4.98 Å². The van der Waals surface area contributed by atoms with Gasteiger partial charge in [0, 0.05) is 18.0 Å². The van der Waals surface area contributed by atoms with Gasteiger partial charge in [-0.05, 0) is 30.3 Å². The fourth-order valence-corrected chi connectivity index (χ4v) is 2.28. The summed E-state index contributed by atoms with van der Waals surface area (Å²) in [6, 6.07) is 9.84. The second-order valence-electron chi connectivity index (χ2n) is 3.99. The molecule has 0 unspecified atom stereocenters. The van der Waals surface area contributed by atoms with Crippen molar-refractivity contribution in [3.05, 3.63) is 53.3 Å². The Labute approximate surface area is 116 Å². The summed E-state index contributed by atoms with van der Waals surface area (Å²) < 4.78 is 28.1. The van der Waals surface area contributed by atoms with E-state index in [0.717, 1.165) is 11.8 Å². The maximum Gasteiger partial charge on any atom is 0.175 e. The number of sulfone groups is 1. The molecule has 100 valence electrons. The number of benzene rings is 1. The van der Waals surface area contributed by atoms with E-state index in [4.69, 9.17) is 16.3 Å². The van der Waals surface area contributed by atoms with Crippen molar-refractivity contribution < 1.29 is 13.2 Å². The Kier molecular flexibility index (Phi) is 4.07. The topological polar surface area (TPSA) is 56.3 Å². The molecule has 6 heteroatoms. The zero-order chi connectivity index (χ0) is 13.9. The van der Waals surface area contributed by atoms with E-state index in [0.29, 0.717) is 10.9 Å². The van der Waals surface area contributed by atoms with Crippen molar-refractivity contribution in [1.82, 2.24) is 4.98 Å². The van der Waals surface area contributed by atoms with Crippen molar-refractivity contribution >= 4 is 21.4 Å². The van der Waals surface area contributed by atoms with Gasteiger partial charge in [-0.15, -0.1) is 0 Å². The molecule has 0 radical (unpaired) electrons. The first-order chi connectivity index (χ1) is 8.97. The lowest BCUT2D eigenvalue weighted by Gasteiger charge is -2.07. The molecule has 2 aromatic rings. The third kappa shape index (κ3) is 3.68. The van der Waals surface area contributed by atoms with Gasteiger partial charge in [0.05, 0.1) is 4.90 Å². The molecule has 2 rings (SSSR count). The molecule has 0 spiro atoms. The Bertz CT molecular complexity index is 669. The fourth-order valence-electron chi connectivity index (χ4n) is 1.47. The van der Waals surface area contributed by atoms with E-state index in [-0.39, 0.29) is 11.5 Å². The van der Waals surface area contributed by atoms with E-state index in [1.807, 2.05) is 6.07 Å². The predicted molar refractivity (Wildman–Crippen MR) is 73.1 cm³/mol. The van der Waals surface area contributed by atoms with Gasteiger partial charge in [0.1, 0.15) is 17.5 Å². The monoisotopic (exact) mass is 297 g/mol. The molecule has 0 aliphatic rings. The maximum absolute atomic E-state index is 11.3. The first-order valence-electron chi connectivity index (χ1n) is 5.49. The molecule has 0 atom stereocenters. The molecule has 0 aliphatic carbocycles.